The number of aryl methyl sites for hydroxylation is 1. The number of hydrogen-bond acceptors (Lipinski definition) is 3. The summed E-state index contributed by atoms with van der Waals surface area (Å²) < 4.78 is 13.6. The van der Waals surface area contributed by atoms with Crippen molar-refractivity contribution in [1.29, 1.82) is 0 Å². The van der Waals surface area contributed by atoms with Crippen LogP contribution in [0.5, 0.6) is 0 Å². The maximum absolute atomic E-state index is 13.6. The Morgan fingerprint density at radius 3 is 2.63 bits per heavy atom. The molecule has 0 bridgehead atoms. The first-order chi connectivity index (χ1) is 9.08. The van der Waals surface area contributed by atoms with Crippen LogP contribution in [0.25, 0.3) is 0 Å². The molecule has 1 heterocycles. The lowest BCUT2D eigenvalue weighted by atomic mass is 10.2. The Labute approximate surface area is 113 Å². The first kappa shape index (κ1) is 13.8. The molecule has 19 heavy (non-hydrogen) atoms. The molecular formula is C14H20FN3O. The van der Waals surface area contributed by atoms with Crippen molar-refractivity contribution in [3.05, 3.63) is 29.6 Å². The van der Waals surface area contributed by atoms with Gasteiger partial charge in [-0.05, 0) is 25.6 Å². The molecule has 0 saturated carbocycles. The third kappa shape index (κ3) is 3.44. The summed E-state index contributed by atoms with van der Waals surface area (Å²) in [7, 11) is 2.04. The topological polar surface area (TPSA) is 35.6 Å². The average molecular weight is 265 g/mol. The third-order valence-electron chi connectivity index (χ3n) is 3.49. The lowest BCUT2D eigenvalue weighted by Gasteiger charge is -2.32. The van der Waals surface area contributed by atoms with E-state index in [1.54, 1.807) is 6.07 Å². The van der Waals surface area contributed by atoms with Crippen LogP contribution < -0.4 is 5.32 Å². The summed E-state index contributed by atoms with van der Waals surface area (Å²) in [5.74, 6) is -0.290. The van der Waals surface area contributed by atoms with Crippen molar-refractivity contribution in [2.75, 3.05) is 45.1 Å². The molecule has 1 aliphatic heterocycles. The normalized spacial score (nSPS) is 16.5. The largest absolute Gasteiger partial charge is 0.374 e. The van der Waals surface area contributed by atoms with Gasteiger partial charge in [0.15, 0.2) is 0 Å². The minimum absolute atomic E-state index is 0.0238. The molecule has 1 fully saturated rings. The Bertz CT molecular complexity index is 436. The molecule has 104 valence electrons. The van der Waals surface area contributed by atoms with Crippen LogP contribution in [0, 0.1) is 12.7 Å². The van der Waals surface area contributed by atoms with E-state index in [1.807, 2.05) is 24.9 Å². The number of piperazine rings is 1. The van der Waals surface area contributed by atoms with E-state index in [9.17, 15) is 9.18 Å². The summed E-state index contributed by atoms with van der Waals surface area (Å²) in [6.07, 6.45) is 0. The number of hydrogen-bond donors (Lipinski definition) is 1. The summed E-state index contributed by atoms with van der Waals surface area (Å²) in [4.78, 5) is 16.0. The van der Waals surface area contributed by atoms with Gasteiger partial charge in [0.25, 0.3) is 0 Å². The number of nitrogens with one attached hydrogen (secondary N) is 1. The first-order valence-electron chi connectivity index (χ1n) is 6.53. The number of carbonyl (C=O) groups excluding carboxylic acids is 1. The molecule has 1 amide bonds. The molecule has 1 aliphatic rings. The maximum atomic E-state index is 13.6. The van der Waals surface area contributed by atoms with Gasteiger partial charge in [-0.25, -0.2) is 4.39 Å². The van der Waals surface area contributed by atoms with Gasteiger partial charge in [-0.2, -0.15) is 0 Å². The predicted octanol–water partition coefficient (Wildman–Crippen LogP) is 1.32. The molecule has 1 aromatic carbocycles. The summed E-state index contributed by atoms with van der Waals surface area (Å²) in [6, 6.07) is 4.89. The van der Waals surface area contributed by atoms with Crippen molar-refractivity contribution >= 4 is 11.6 Å². The minimum Gasteiger partial charge on any atom is -0.374 e. The molecule has 1 N–H and O–H groups in total. The smallest absolute Gasteiger partial charge is 0.241 e. The fraction of sp³-hybridized carbons (Fsp3) is 0.500. The van der Waals surface area contributed by atoms with E-state index in [0.29, 0.717) is 5.69 Å². The van der Waals surface area contributed by atoms with E-state index in [1.165, 1.54) is 6.07 Å². The molecule has 1 saturated heterocycles. The number of para-hydroxylation sites is 1. The standard InChI is InChI=1S/C14H20FN3O/c1-11-4-3-5-12(15)14(11)16-10-13(19)18-8-6-17(2)7-9-18/h3-5,16H,6-10H2,1-2H3. The van der Waals surface area contributed by atoms with Crippen LogP contribution in [0.15, 0.2) is 18.2 Å². The Balaban J connectivity index is 1.90. The van der Waals surface area contributed by atoms with E-state index < -0.39 is 0 Å². The van der Waals surface area contributed by atoms with Gasteiger partial charge in [-0.3, -0.25) is 4.79 Å². The molecule has 4 nitrogen and oxygen atoms in total. The number of halogens is 1. The minimum atomic E-state index is -0.314. The zero-order chi connectivity index (χ0) is 13.8. The molecule has 0 radical (unpaired) electrons. The number of nitrogens with zero attached hydrogens (tertiary/aromatic N) is 2. The van der Waals surface area contributed by atoms with Crippen LogP contribution in [-0.2, 0) is 4.79 Å². The number of anilines is 1. The van der Waals surface area contributed by atoms with E-state index >= 15 is 0 Å². The van der Waals surface area contributed by atoms with Crippen molar-refractivity contribution < 1.29 is 9.18 Å². The highest BCUT2D eigenvalue weighted by Gasteiger charge is 2.19. The third-order valence-corrected chi connectivity index (χ3v) is 3.49. The lowest BCUT2D eigenvalue weighted by molar-refractivity contribution is -0.130. The average Bonchev–Trinajstić information content (AvgIpc) is 2.38. The highest BCUT2D eigenvalue weighted by atomic mass is 19.1. The fourth-order valence-electron chi connectivity index (χ4n) is 2.19. The van der Waals surface area contributed by atoms with Gasteiger partial charge in [0.1, 0.15) is 5.82 Å². The SMILES string of the molecule is Cc1cccc(F)c1NCC(=O)N1CCN(C)CC1. The van der Waals surface area contributed by atoms with Crippen molar-refractivity contribution in [2.45, 2.75) is 6.92 Å². The number of carbonyl (C=O) groups is 1. The molecule has 1 aromatic rings. The van der Waals surface area contributed by atoms with Crippen LogP contribution in [0.2, 0.25) is 0 Å². The highest BCUT2D eigenvalue weighted by Crippen LogP contribution is 2.18. The molecule has 0 aliphatic carbocycles. The van der Waals surface area contributed by atoms with Gasteiger partial charge >= 0.3 is 0 Å². The maximum Gasteiger partial charge on any atom is 0.241 e. The van der Waals surface area contributed by atoms with Crippen molar-refractivity contribution in [3.8, 4) is 0 Å². The Hall–Kier alpha value is -1.62. The zero-order valence-electron chi connectivity index (χ0n) is 11.4. The van der Waals surface area contributed by atoms with Crippen LogP contribution in [0.3, 0.4) is 0 Å². The van der Waals surface area contributed by atoms with Gasteiger partial charge in [0, 0.05) is 26.2 Å². The van der Waals surface area contributed by atoms with E-state index in [-0.39, 0.29) is 18.3 Å². The van der Waals surface area contributed by atoms with Gasteiger partial charge in [0.05, 0.1) is 12.2 Å². The number of rotatable bonds is 3. The van der Waals surface area contributed by atoms with Gasteiger partial charge in [-0.15, -0.1) is 0 Å². The monoisotopic (exact) mass is 265 g/mol. The van der Waals surface area contributed by atoms with Crippen LogP contribution in [-0.4, -0.2) is 55.5 Å². The number of benzene rings is 1. The van der Waals surface area contributed by atoms with Crippen molar-refractivity contribution in [2.24, 2.45) is 0 Å². The van der Waals surface area contributed by atoms with Crippen LogP contribution in [0.4, 0.5) is 10.1 Å². The van der Waals surface area contributed by atoms with Crippen LogP contribution in [0.1, 0.15) is 5.56 Å². The first-order valence-corrected chi connectivity index (χ1v) is 6.53. The second kappa shape index (κ2) is 6.02. The van der Waals surface area contributed by atoms with E-state index in [0.717, 1.165) is 31.7 Å². The molecule has 0 atom stereocenters. The predicted molar refractivity (Wildman–Crippen MR) is 73.7 cm³/mol. The van der Waals surface area contributed by atoms with Gasteiger partial charge in [0.2, 0.25) is 5.91 Å². The Morgan fingerprint density at radius 1 is 1.32 bits per heavy atom. The second-order valence-electron chi connectivity index (χ2n) is 4.97. The summed E-state index contributed by atoms with van der Waals surface area (Å²) >= 11 is 0. The highest BCUT2D eigenvalue weighted by molar-refractivity contribution is 5.81. The van der Waals surface area contributed by atoms with Gasteiger partial charge < -0.3 is 15.1 Å². The molecule has 0 unspecified atom stereocenters. The zero-order valence-corrected chi connectivity index (χ0v) is 11.4. The van der Waals surface area contributed by atoms with Crippen LogP contribution >= 0.6 is 0 Å². The Kier molecular flexibility index (Phi) is 4.37. The quantitative estimate of drug-likeness (QED) is 0.895. The molecule has 5 heteroatoms. The summed E-state index contributed by atoms with van der Waals surface area (Å²) in [5.41, 5.74) is 1.23. The number of likely N-dealkylation sites (N-methyl/N-ethyl adjacent to an activating group) is 1. The molecule has 0 aromatic heterocycles. The van der Waals surface area contributed by atoms with Crippen molar-refractivity contribution in [1.82, 2.24) is 9.80 Å². The molecular weight excluding hydrogens is 245 g/mol. The second-order valence-corrected chi connectivity index (χ2v) is 4.97. The van der Waals surface area contributed by atoms with E-state index in [4.69, 9.17) is 0 Å². The summed E-state index contributed by atoms with van der Waals surface area (Å²) in [5, 5.41) is 2.91. The molecule has 0 spiro atoms. The van der Waals surface area contributed by atoms with Crippen molar-refractivity contribution in [3.63, 3.8) is 0 Å². The Morgan fingerprint density at radius 2 is 2.00 bits per heavy atom. The fourth-order valence-corrected chi connectivity index (χ4v) is 2.19. The van der Waals surface area contributed by atoms with E-state index in [2.05, 4.69) is 10.2 Å². The molecule has 2 rings (SSSR count). The van der Waals surface area contributed by atoms with Gasteiger partial charge in [-0.1, -0.05) is 12.1 Å². The lowest BCUT2D eigenvalue weighted by Crippen LogP contribution is -2.48. The summed E-state index contributed by atoms with van der Waals surface area (Å²) in [6.45, 7) is 5.24. The number of amides is 1.